The van der Waals surface area contributed by atoms with Crippen molar-refractivity contribution in [2.24, 2.45) is 0 Å². The van der Waals surface area contributed by atoms with Gasteiger partial charge < -0.3 is 4.90 Å². The second-order valence-electron chi connectivity index (χ2n) is 5.96. The van der Waals surface area contributed by atoms with Gasteiger partial charge in [0.25, 0.3) is 0 Å². The van der Waals surface area contributed by atoms with Crippen LogP contribution in [-0.2, 0) is 5.41 Å². The molecular weight excluding hydrogens is 274 g/mol. The van der Waals surface area contributed by atoms with Crippen LogP contribution in [0.5, 0.6) is 0 Å². The van der Waals surface area contributed by atoms with E-state index in [0.717, 1.165) is 0 Å². The minimum Gasteiger partial charge on any atom is -0.372 e. The molecule has 1 aliphatic heterocycles. The van der Waals surface area contributed by atoms with Crippen molar-refractivity contribution in [3.63, 3.8) is 0 Å². The Kier molecular flexibility index (Phi) is 3.82. The fraction of sp³-hybridized carbons (Fsp3) is 0.600. The van der Waals surface area contributed by atoms with E-state index in [9.17, 15) is 0 Å². The fourth-order valence-corrected chi connectivity index (χ4v) is 3.42. The summed E-state index contributed by atoms with van der Waals surface area (Å²) in [6.45, 7) is 9.19. The molecule has 1 aromatic carbocycles. The molecule has 0 amide bonds. The smallest absolute Gasteiger partial charge is 0.0377 e. The first kappa shape index (κ1) is 12.9. The van der Waals surface area contributed by atoms with Gasteiger partial charge in [-0.25, -0.2) is 0 Å². The second-order valence-corrected chi connectivity index (χ2v) is 6.82. The number of anilines is 1. The minimum absolute atomic E-state index is 0.208. The van der Waals surface area contributed by atoms with E-state index in [-0.39, 0.29) is 5.41 Å². The zero-order valence-corrected chi connectivity index (χ0v) is 12.7. The van der Waals surface area contributed by atoms with Gasteiger partial charge in [0.05, 0.1) is 0 Å². The van der Waals surface area contributed by atoms with Gasteiger partial charge in [-0.2, -0.15) is 0 Å². The van der Waals surface area contributed by atoms with Crippen LogP contribution in [0.2, 0.25) is 0 Å². The third kappa shape index (κ3) is 3.04. The Balaban J connectivity index is 2.24. The minimum atomic E-state index is 0.208. The summed E-state index contributed by atoms with van der Waals surface area (Å²) in [4.78, 5) is 2.50. The Bertz CT molecular complexity index is 386. The molecule has 1 saturated heterocycles. The van der Waals surface area contributed by atoms with Crippen LogP contribution < -0.4 is 4.90 Å². The molecule has 0 spiro atoms. The maximum atomic E-state index is 3.72. The van der Waals surface area contributed by atoms with Gasteiger partial charge in [0.1, 0.15) is 0 Å². The number of piperidine rings is 1. The molecular formula is C15H22BrN. The van der Waals surface area contributed by atoms with Crippen LogP contribution in [0.15, 0.2) is 22.7 Å². The summed E-state index contributed by atoms with van der Waals surface area (Å²) in [6.07, 6.45) is 4.05. The van der Waals surface area contributed by atoms with Gasteiger partial charge in [-0.3, -0.25) is 0 Å². The third-order valence-corrected chi connectivity index (χ3v) is 4.14. The van der Waals surface area contributed by atoms with E-state index in [0.29, 0.717) is 0 Å². The molecule has 94 valence electrons. The largest absolute Gasteiger partial charge is 0.372 e. The second kappa shape index (κ2) is 5.01. The van der Waals surface area contributed by atoms with Crippen molar-refractivity contribution in [1.82, 2.24) is 0 Å². The zero-order chi connectivity index (χ0) is 12.5. The summed E-state index contributed by atoms with van der Waals surface area (Å²) in [7, 11) is 0. The molecule has 0 radical (unpaired) electrons. The van der Waals surface area contributed by atoms with Crippen LogP contribution >= 0.6 is 15.9 Å². The molecule has 0 N–H and O–H groups in total. The van der Waals surface area contributed by atoms with Gasteiger partial charge in [0.2, 0.25) is 0 Å². The predicted octanol–water partition coefficient (Wildman–Crippen LogP) is 4.74. The lowest BCUT2D eigenvalue weighted by Gasteiger charge is -2.30. The van der Waals surface area contributed by atoms with Crippen molar-refractivity contribution >= 4 is 21.6 Å². The standard InChI is InChI=1S/C15H22BrN/c1-15(2,3)13-8-7-12(11-14(13)16)17-9-5-4-6-10-17/h7-8,11H,4-6,9-10H2,1-3H3. The van der Waals surface area contributed by atoms with Gasteiger partial charge in [-0.05, 0) is 42.4 Å². The van der Waals surface area contributed by atoms with Gasteiger partial charge in [-0.1, -0.05) is 42.8 Å². The molecule has 0 aromatic heterocycles. The summed E-state index contributed by atoms with van der Waals surface area (Å²) in [5.74, 6) is 0. The Morgan fingerprint density at radius 3 is 2.24 bits per heavy atom. The predicted molar refractivity (Wildman–Crippen MR) is 78.9 cm³/mol. The maximum absolute atomic E-state index is 3.72. The Labute approximate surface area is 113 Å². The summed E-state index contributed by atoms with van der Waals surface area (Å²) < 4.78 is 1.24. The molecule has 0 atom stereocenters. The average Bonchev–Trinajstić information content (AvgIpc) is 2.28. The molecule has 0 saturated carbocycles. The summed E-state index contributed by atoms with van der Waals surface area (Å²) in [5.41, 5.74) is 2.96. The van der Waals surface area contributed by atoms with Crippen LogP contribution in [0, 0.1) is 0 Å². The maximum Gasteiger partial charge on any atom is 0.0377 e. The van der Waals surface area contributed by atoms with Crippen molar-refractivity contribution in [2.75, 3.05) is 18.0 Å². The Morgan fingerprint density at radius 1 is 1.06 bits per heavy atom. The highest BCUT2D eigenvalue weighted by Crippen LogP contribution is 2.33. The molecule has 2 rings (SSSR count). The summed E-state index contributed by atoms with van der Waals surface area (Å²) in [6, 6.07) is 6.83. The monoisotopic (exact) mass is 295 g/mol. The molecule has 1 fully saturated rings. The molecule has 0 unspecified atom stereocenters. The zero-order valence-electron chi connectivity index (χ0n) is 11.1. The van der Waals surface area contributed by atoms with Gasteiger partial charge in [0, 0.05) is 23.2 Å². The van der Waals surface area contributed by atoms with E-state index in [1.807, 2.05) is 0 Å². The highest BCUT2D eigenvalue weighted by Gasteiger charge is 2.18. The van der Waals surface area contributed by atoms with Crippen molar-refractivity contribution in [1.29, 1.82) is 0 Å². The summed E-state index contributed by atoms with van der Waals surface area (Å²) >= 11 is 3.72. The van der Waals surface area contributed by atoms with E-state index in [1.165, 1.54) is 48.1 Å². The SMILES string of the molecule is CC(C)(C)c1ccc(N2CCCCC2)cc1Br. The molecule has 0 bridgehead atoms. The van der Waals surface area contributed by atoms with E-state index >= 15 is 0 Å². The van der Waals surface area contributed by atoms with Crippen molar-refractivity contribution in [3.8, 4) is 0 Å². The number of benzene rings is 1. The van der Waals surface area contributed by atoms with E-state index < -0.39 is 0 Å². The van der Waals surface area contributed by atoms with Crippen molar-refractivity contribution < 1.29 is 0 Å². The molecule has 1 nitrogen and oxygen atoms in total. The average molecular weight is 296 g/mol. The molecule has 0 aliphatic carbocycles. The highest BCUT2D eigenvalue weighted by atomic mass is 79.9. The number of nitrogens with zero attached hydrogens (tertiary/aromatic N) is 1. The number of rotatable bonds is 1. The van der Waals surface area contributed by atoms with Gasteiger partial charge in [-0.15, -0.1) is 0 Å². The first-order chi connectivity index (χ1) is 7.98. The topological polar surface area (TPSA) is 3.24 Å². The third-order valence-electron chi connectivity index (χ3n) is 3.48. The first-order valence-electron chi connectivity index (χ1n) is 6.53. The molecule has 1 heterocycles. The van der Waals surface area contributed by atoms with E-state index in [4.69, 9.17) is 0 Å². The van der Waals surface area contributed by atoms with Crippen molar-refractivity contribution in [3.05, 3.63) is 28.2 Å². The normalized spacial score (nSPS) is 17.3. The Morgan fingerprint density at radius 2 is 1.71 bits per heavy atom. The number of hydrogen-bond donors (Lipinski definition) is 0. The lowest BCUT2D eigenvalue weighted by atomic mass is 9.87. The van der Waals surface area contributed by atoms with E-state index in [2.05, 4.69) is 59.8 Å². The molecule has 2 heteroatoms. The van der Waals surface area contributed by atoms with Crippen molar-refractivity contribution in [2.45, 2.75) is 45.4 Å². The fourth-order valence-electron chi connectivity index (χ4n) is 2.46. The van der Waals surface area contributed by atoms with E-state index in [1.54, 1.807) is 0 Å². The lowest BCUT2D eigenvalue weighted by molar-refractivity contribution is 0.574. The lowest BCUT2D eigenvalue weighted by Crippen LogP contribution is -2.29. The van der Waals surface area contributed by atoms with Gasteiger partial charge in [0.15, 0.2) is 0 Å². The first-order valence-corrected chi connectivity index (χ1v) is 7.33. The highest BCUT2D eigenvalue weighted by molar-refractivity contribution is 9.10. The Hall–Kier alpha value is -0.500. The van der Waals surface area contributed by atoms with Crippen LogP contribution in [-0.4, -0.2) is 13.1 Å². The van der Waals surface area contributed by atoms with Crippen LogP contribution in [0.1, 0.15) is 45.6 Å². The van der Waals surface area contributed by atoms with Crippen LogP contribution in [0.3, 0.4) is 0 Å². The number of halogens is 1. The molecule has 1 aromatic rings. The molecule has 17 heavy (non-hydrogen) atoms. The van der Waals surface area contributed by atoms with Crippen LogP contribution in [0.4, 0.5) is 5.69 Å². The quantitative estimate of drug-likeness (QED) is 0.723. The van der Waals surface area contributed by atoms with Crippen LogP contribution in [0.25, 0.3) is 0 Å². The van der Waals surface area contributed by atoms with Gasteiger partial charge >= 0.3 is 0 Å². The number of hydrogen-bond acceptors (Lipinski definition) is 1. The molecule has 1 aliphatic rings. The summed E-state index contributed by atoms with van der Waals surface area (Å²) in [5, 5.41) is 0.